The molecule has 3 heterocycles. The van der Waals surface area contributed by atoms with Crippen LogP contribution in [0.4, 0.5) is 0 Å². The van der Waals surface area contributed by atoms with Crippen molar-refractivity contribution in [3.05, 3.63) is 0 Å². The number of rotatable bonds is 2. The highest BCUT2D eigenvalue weighted by Gasteiger charge is 2.84. The Bertz CT molecular complexity index is 1140. The summed E-state index contributed by atoms with van der Waals surface area (Å²) in [5.74, 6) is -0.939. The van der Waals surface area contributed by atoms with Gasteiger partial charge in [0.2, 0.25) is 0 Å². The van der Waals surface area contributed by atoms with E-state index in [1.807, 2.05) is 0 Å². The summed E-state index contributed by atoms with van der Waals surface area (Å²) in [5.41, 5.74) is -2.07. The maximum absolute atomic E-state index is 12.1. The smallest absolute Gasteiger partial charge is 0.303 e. The number of esters is 2. The molecule has 4 saturated carbocycles. The average molecular weight is 577 g/mol. The first kappa shape index (κ1) is 28.5. The van der Waals surface area contributed by atoms with E-state index >= 15 is 0 Å². The number of hydrogen-bond acceptors (Lipinski definition) is 9. The summed E-state index contributed by atoms with van der Waals surface area (Å²) >= 11 is 0. The molecule has 0 amide bonds. The molecule has 7 rings (SSSR count). The minimum atomic E-state index is -0.995. The van der Waals surface area contributed by atoms with Gasteiger partial charge in [0.15, 0.2) is 12.1 Å². The van der Waals surface area contributed by atoms with E-state index in [0.29, 0.717) is 25.7 Å². The minimum absolute atomic E-state index is 0.0262. The van der Waals surface area contributed by atoms with Crippen molar-refractivity contribution in [2.24, 2.45) is 46.3 Å². The minimum Gasteiger partial charge on any atom is -0.459 e. The van der Waals surface area contributed by atoms with Crippen LogP contribution in [0.15, 0.2) is 0 Å². The van der Waals surface area contributed by atoms with Gasteiger partial charge in [-0.2, -0.15) is 0 Å². The second kappa shape index (κ2) is 8.68. The highest BCUT2D eigenvalue weighted by atomic mass is 16.8. The summed E-state index contributed by atoms with van der Waals surface area (Å²) in [6.07, 6.45) is 2.23. The summed E-state index contributed by atoms with van der Waals surface area (Å²) in [6, 6.07) is 0. The van der Waals surface area contributed by atoms with Gasteiger partial charge in [-0.15, -0.1) is 0 Å². The fourth-order valence-corrected chi connectivity index (χ4v) is 11.8. The molecule has 0 aromatic rings. The summed E-state index contributed by atoms with van der Waals surface area (Å²) in [5, 5.41) is 23.9. The quantitative estimate of drug-likeness (QED) is 0.474. The lowest BCUT2D eigenvalue weighted by molar-refractivity contribution is -0.315. The molecule has 2 N–H and O–H groups in total. The van der Waals surface area contributed by atoms with E-state index in [1.165, 1.54) is 13.8 Å². The normalized spacial score (nSPS) is 57.9. The Hall–Kier alpha value is -1.26. The predicted molar refractivity (Wildman–Crippen MR) is 145 cm³/mol. The standard InChI is InChI=1S/C32H48O9/c1-15-12-32(41-28(15,4)5)30(7)26-23(39-32)11-20-19-9-8-18-10-22(37-16(2)33)24(38-17(3)34)14-29(18,6)25(19)21(35)13-31(20,26)27(36)40-30/h15,18-27,35-36H,8-14H2,1-7H3/t15-,18-,19-,20-,21-,22-,23-,24+,25+,26+,27?,29-,30+,31+,32-/m0/s1. The van der Waals surface area contributed by atoms with E-state index in [1.54, 1.807) is 0 Å². The SMILES string of the molecule is CC(=O)O[C@H]1C[C@@H]2CC[C@@H]3[C@H]([C@@H](O)C[C@]45C(O)O[C@]6(C)[C@H]4[C@H](C[C@@H]35)O[C@]63C[C@H](C)C(C)(C)O3)[C@@]2(C)C[C@H]1OC(C)=O. The van der Waals surface area contributed by atoms with Crippen LogP contribution < -0.4 is 0 Å². The van der Waals surface area contributed by atoms with Crippen molar-refractivity contribution in [2.75, 3.05) is 0 Å². The lowest BCUT2D eigenvalue weighted by Crippen LogP contribution is -2.63. The van der Waals surface area contributed by atoms with Crippen LogP contribution in [0.3, 0.4) is 0 Å². The monoisotopic (exact) mass is 576 g/mol. The van der Waals surface area contributed by atoms with Gasteiger partial charge in [0.25, 0.3) is 0 Å². The van der Waals surface area contributed by atoms with Crippen LogP contribution in [-0.2, 0) is 33.3 Å². The van der Waals surface area contributed by atoms with Gasteiger partial charge in [-0.05, 0) is 94.3 Å². The number of hydrogen-bond donors (Lipinski definition) is 2. The highest BCUT2D eigenvalue weighted by Crippen LogP contribution is 2.77. The lowest BCUT2D eigenvalue weighted by Gasteiger charge is -2.63. The topological polar surface area (TPSA) is 121 Å². The van der Waals surface area contributed by atoms with E-state index in [0.717, 1.165) is 19.3 Å². The van der Waals surface area contributed by atoms with Gasteiger partial charge < -0.3 is 33.9 Å². The molecule has 9 nitrogen and oxygen atoms in total. The van der Waals surface area contributed by atoms with Crippen molar-refractivity contribution in [3.8, 4) is 0 Å². The molecular weight excluding hydrogens is 528 g/mol. The van der Waals surface area contributed by atoms with Gasteiger partial charge in [-0.1, -0.05) is 13.8 Å². The van der Waals surface area contributed by atoms with Crippen LogP contribution in [0.5, 0.6) is 0 Å². The van der Waals surface area contributed by atoms with E-state index in [-0.39, 0.29) is 58.6 Å². The van der Waals surface area contributed by atoms with Crippen LogP contribution in [0, 0.1) is 46.3 Å². The van der Waals surface area contributed by atoms with Crippen molar-refractivity contribution in [1.29, 1.82) is 0 Å². The van der Waals surface area contributed by atoms with Crippen LogP contribution in [0.1, 0.15) is 93.4 Å². The molecule has 230 valence electrons. The third kappa shape index (κ3) is 3.53. The molecular formula is C32H48O9. The maximum Gasteiger partial charge on any atom is 0.303 e. The zero-order valence-electron chi connectivity index (χ0n) is 25.6. The second-order valence-corrected chi connectivity index (χ2v) is 15.7. The molecule has 1 unspecified atom stereocenters. The Kier molecular flexibility index (Phi) is 6.03. The molecule has 0 radical (unpaired) electrons. The van der Waals surface area contributed by atoms with Gasteiger partial charge in [0.05, 0.1) is 17.8 Å². The third-order valence-electron chi connectivity index (χ3n) is 13.5. The molecule has 7 fully saturated rings. The summed E-state index contributed by atoms with van der Waals surface area (Å²) in [4.78, 5) is 24.0. The Morgan fingerprint density at radius 3 is 2.20 bits per heavy atom. The third-order valence-corrected chi connectivity index (χ3v) is 13.5. The van der Waals surface area contributed by atoms with Crippen LogP contribution in [0.25, 0.3) is 0 Å². The molecule has 0 aromatic heterocycles. The van der Waals surface area contributed by atoms with Gasteiger partial charge >= 0.3 is 11.9 Å². The molecule has 3 saturated heterocycles. The van der Waals surface area contributed by atoms with Gasteiger partial charge in [-0.25, -0.2) is 0 Å². The first-order valence-corrected chi connectivity index (χ1v) is 15.8. The van der Waals surface area contributed by atoms with Crippen LogP contribution in [-0.4, -0.2) is 69.8 Å². The van der Waals surface area contributed by atoms with E-state index in [2.05, 4.69) is 34.6 Å². The number of fused-ring (bicyclic) bond motifs is 5. The number of aliphatic hydroxyl groups is 2. The van der Waals surface area contributed by atoms with E-state index < -0.39 is 47.4 Å². The zero-order chi connectivity index (χ0) is 29.5. The Morgan fingerprint density at radius 1 is 0.878 bits per heavy atom. The molecule has 0 aromatic carbocycles. The number of aliphatic hydroxyl groups excluding tert-OH is 2. The van der Waals surface area contributed by atoms with Crippen molar-refractivity contribution in [2.45, 2.75) is 141 Å². The maximum atomic E-state index is 12.1. The largest absolute Gasteiger partial charge is 0.459 e. The molecule has 7 aliphatic rings. The molecule has 2 spiro atoms. The van der Waals surface area contributed by atoms with Crippen LogP contribution in [0.2, 0.25) is 0 Å². The van der Waals surface area contributed by atoms with Crippen LogP contribution >= 0.6 is 0 Å². The first-order valence-electron chi connectivity index (χ1n) is 15.8. The van der Waals surface area contributed by atoms with Crippen molar-refractivity contribution in [1.82, 2.24) is 0 Å². The first-order chi connectivity index (χ1) is 19.1. The van der Waals surface area contributed by atoms with Gasteiger partial charge in [0, 0.05) is 31.6 Å². The Labute approximate surface area is 242 Å². The predicted octanol–water partition coefficient (Wildman–Crippen LogP) is 3.72. The molecule has 4 aliphatic carbocycles. The summed E-state index contributed by atoms with van der Waals surface area (Å²) < 4.78 is 31.6. The molecule has 9 heteroatoms. The number of carbonyl (C=O) groups excluding carboxylic acids is 2. The van der Waals surface area contributed by atoms with E-state index in [4.69, 9.17) is 23.7 Å². The van der Waals surface area contributed by atoms with Gasteiger partial charge in [-0.3, -0.25) is 9.59 Å². The molecule has 15 atom stereocenters. The number of carbonyl (C=O) groups is 2. The van der Waals surface area contributed by atoms with Crippen molar-refractivity contribution >= 4 is 11.9 Å². The average Bonchev–Trinajstić information content (AvgIpc) is 3.45. The Balaban J connectivity index is 1.22. The van der Waals surface area contributed by atoms with Crippen molar-refractivity contribution < 1.29 is 43.5 Å². The Morgan fingerprint density at radius 2 is 1.56 bits per heavy atom. The summed E-state index contributed by atoms with van der Waals surface area (Å²) in [7, 11) is 0. The van der Waals surface area contributed by atoms with E-state index in [9.17, 15) is 19.8 Å². The van der Waals surface area contributed by atoms with Crippen molar-refractivity contribution in [3.63, 3.8) is 0 Å². The number of ether oxygens (including phenoxy) is 5. The molecule has 3 aliphatic heterocycles. The second-order valence-electron chi connectivity index (χ2n) is 15.7. The molecule has 0 bridgehead atoms. The zero-order valence-corrected chi connectivity index (χ0v) is 25.6. The fourth-order valence-electron chi connectivity index (χ4n) is 11.8. The lowest BCUT2D eigenvalue weighted by atomic mass is 9.43. The van der Waals surface area contributed by atoms with Gasteiger partial charge in [0.1, 0.15) is 17.8 Å². The highest BCUT2D eigenvalue weighted by molar-refractivity contribution is 5.67. The molecule has 41 heavy (non-hydrogen) atoms. The fraction of sp³-hybridized carbons (Fsp3) is 0.938. The summed E-state index contributed by atoms with van der Waals surface area (Å²) in [6.45, 7) is 13.5.